The molecular weight excluding hydrogens is 564 g/mol. The molecule has 1 N–H and O–H groups in total. The van der Waals surface area contributed by atoms with Gasteiger partial charge in [0, 0.05) is 18.7 Å². The Morgan fingerprint density at radius 3 is 2.28 bits per heavy atom. The van der Waals surface area contributed by atoms with Gasteiger partial charge in [-0.2, -0.15) is 0 Å². The molecule has 39 heavy (non-hydrogen) atoms. The van der Waals surface area contributed by atoms with Crippen LogP contribution in [0.15, 0.2) is 77.7 Å². The number of carbonyl (C=O) groups is 2. The quantitative estimate of drug-likeness (QED) is 0.274. The molecule has 0 fully saturated rings. The first-order valence-electron chi connectivity index (χ1n) is 12.4. The van der Waals surface area contributed by atoms with Crippen LogP contribution in [-0.4, -0.2) is 44.3 Å². The molecule has 1 unspecified atom stereocenters. The van der Waals surface area contributed by atoms with Crippen LogP contribution >= 0.6 is 23.2 Å². The van der Waals surface area contributed by atoms with E-state index in [9.17, 15) is 22.4 Å². The summed E-state index contributed by atoms with van der Waals surface area (Å²) in [4.78, 5) is 27.9. The number of nitrogens with one attached hydrogen (secondary N) is 1. The Kier molecular flexibility index (Phi) is 10.7. The van der Waals surface area contributed by atoms with Crippen molar-refractivity contribution >= 4 is 50.7 Å². The number of anilines is 1. The molecule has 7 nitrogen and oxygen atoms in total. The lowest BCUT2D eigenvalue weighted by Crippen LogP contribution is -2.51. The van der Waals surface area contributed by atoms with Gasteiger partial charge in [0.1, 0.15) is 18.4 Å². The van der Waals surface area contributed by atoms with Gasteiger partial charge in [-0.15, -0.1) is 0 Å². The van der Waals surface area contributed by atoms with Crippen molar-refractivity contribution < 1.29 is 22.4 Å². The van der Waals surface area contributed by atoms with Crippen LogP contribution in [0.1, 0.15) is 32.3 Å². The predicted molar refractivity (Wildman–Crippen MR) is 152 cm³/mol. The number of halogens is 3. The van der Waals surface area contributed by atoms with Crippen LogP contribution in [0.3, 0.4) is 0 Å². The van der Waals surface area contributed by atoms with Crippen LogP contribution in [0.5, 0.6) is 0 Å². The topological polar surface area (TPSA) is 86.8 Å². The number of hydrogen-bond donors (Lipinski definition) is 1. The summed E-state index contributed by atoms with van der Waals surface area (Å²) in [5.41, 5.74) is 0.290. The minimum absolute atomic E-state index is 0.0464. The molecule has 0 saturated heterocycles. The van der Waals surface area contributed by atoms with Gasteiger partial charge in [0.05, 0.1) is 20.6 Å². The van der Waals surface area contributed by atoms with Gasteiger partial charge in [0.15, 0.2) is 0 Å². The van der Waals surface area contributed by atoms with Crippen LogP contribution in [0.4, 0.5) is 10.1 Å². The molecule has 1 atom stereocenters. The highest BCUT2D eigenvalue weighted by atomic mass is 35.5. The monoisotopic (exact) mass is 593 g/mol. The van der Waals surface area contributed by atoms with Crippen molar-refractivity contribution in [1.29, 1.82) is 0 Å². The van der Waals surface area contributed by atoms with Gasteiger partial charge < -0.3 is 10.2 Å². The van der Waals surface area contributed by atoms with E-state index in [0.29, 0.717) is 6.54 Å². The number of sulfonamides is 1. The van der Waals surface area contributed by atoms with Crippen molar-refractivity contribution in [3.8, 4) is 0 Å². The average Bonchev–Trinajstić information content (AvgIpc) is 2.92. The summed E-state index contributed by atoms with van der Waals surface area (Å²) in [5.74, 6) is -1.69. The molecule has 0 saturated carbocycles. The Hall–Kier alpha value is -3.14. The van der Waals surface area contributed by atoms with E-state index in [1.165, 1.54) is 60.4 Å². The van der Waals surface area contributed by atoms with Crippen molar-refractivity contribution in [3.63, 3.8) is 0 Å². The summed E-state index contributed by atoms with van der Waals surface area (Å²) in [7, 11) is -4.25. The van der Waals surface area contributed by atoms with Gasteiger partial charge in [-0.1, -0.05) is 72.9 Å². The van der Waals surface area contributed by atoms with E-state index in [0.717, 1.165) is 17.1 Å². The summed E-state index contributed by atoms with van der Waals surface area (Å²) in [6, 6.07) is 16.7. The molecule has 0 bridgehead atoms. The fraction of sp³-hybridized carbons (Fsp3) is 0.286. The normalized spacial score (nSPS) is 12.0. The first-order valence-corrected chi connectivity index (χ1v) is 14.6. The number of rotatable bonds is 12. The lowest BCUT2D eigenvalue weighted by molar-refractivity contribution is -0.139. The molecule has 3 rings (SSSR count). The van der Waals surface area contributed by atoms with Gasteiger partial charge in [-0.05, 0) is 49.7 Å². The zero-order valence-corrected chi connectivity index (χ0v) is 23.9. The Morgan fingerprint density at radius 2 is 1.64 bits per heavy atom. The number of carbonyl (C=O) groups excluding carboxylic acids is 2. The molecule has 3 aromatic carbocycles. The Bertz CT molecular complexity index is 1410. The maximum atomic E-state index is 14.6. The third kappa shape index (κ3) is 7.71. The molecule has 0 aromatic heterocycles. The Labute approximate surface area is 238 Å². The molecule has 3 aromatic rings. The van der Waals surface area contributed by atoms with E-state index in [2.05, 4.69) is 5.32 Å². The van der Waals surface area contributed by atoms with Crippen molar-refractivity contribution in [2.45, 2.75) is 44.2 Å². The molecule has 0 aliphatic carbocycles. The van der Waals surface area contributed by atoms with Gasteiger partial charge >= 0.3 is 0 Å². The van der Waals surface area contributed by atoms with Crippen LogP contribution in [-0.2, 0) is 26.2 Å². The molecule has 0 heterocycles. The lowest BCUT2D eigenvalue weighted by Gasteiger charge is -2.32. The predicted octanol–water partition coefficient (Wildman–Crippen LogP) is 5.66. The summed E-state index contributed by atoms with van der Waals surface area (Å²) in [6.45, 7) is 3.01. The Balaban J connectivity index is 2.02. The summed E-state index contributed by atoms with van der Waals surface area (Å²) < 4.78 is 42.9. The van der Waals surface area contributed by atoms with Crippen LogP contribution in [0, 0.1) is 5.82 Å². The smallest absolute Gasteiger partial charge is 0.264 e. The highest BCUT2D eigenvalue weighted by Crippen LogP contribution is 2.31. The average molecular weight is 595 g/mol. The van der Waals surface area contributed by atoms with Crippen molar-refractivity contribution in [3.05, 3.63) is 94.2 Å². The van der Waals surface area contributed by atoms with Crippen molar-refractivity contribution in [1.82, 2.24) is 10.2 Å². The molecule has 0 aliphatic rings. The Morgan fingerprint density at radius 1 is 0.974 bits per heavy atom. The van der Waals surface area contributed by atoms with Gasteiger partial charge in [-0.3, -0.25) is 13.9 Å². The van der Waals surface area contributed by atoms with Crippen molar-refractivity contribution in [2.24, 2.45) is 0 Å². The third-order valence-electron chi connectivity index (χ3n) is 6.10. The molecule has 2 amide bonds. The number of hydrogen-bond acceptors (Lipinski definition) is 4. The maximum Gasteiger partial charge on any atom is 0.264 e. The van der Waals surface area contributed by atoms with E-state index < -0.39 is 40.2 Å². The first-order chi connectivity index (χ1) is 18.6. The fourth-order valence-electron chi connectivity index (χ4n) is 3.82. The third-order valence-corrected chi connectivity index (χ3v) is 8.62. The number of benzene rings is 3. The zero-order valence-electron chi connectivity index (χ0n) is 21.6. The first kappa shape index (κ1) is 30.4. The number of amides is 2. The highest BCUT2D eigenvalue weighted by Gasteiger charge is 2.33. The van der Waals surface area contributed by atoms with Gasteiger partial charge in [0.2, 0.25) is 11.8 Å². The van der Waals surface area contributed by atoms with Gasteiger partial charge in [0.25, 0.3) is 10.0 Å². The molecular formula is C28H30Cl2FN3O4S. The minimum Gasteiger partial charge on any atom is -0.354 e. The van der Waals surface area contributed by atoms with E-state index in [1.807, 2.05) is 6.92 Å². The van der Waals surface area contributed by atoms with Crippen LogP contribution < -0.4 is 9.62 Å². The second-order valence-corrected chi connectivity index (χ2v) is 11.5. The maximum absolute atomic E-state index is 14.6. The lowest BCUT2D eigenvalue weighted by atomic mass is 10.1. The largest absolute Gasteiger partial charge is 0.354 e. The summed E-state index contributed by atoms with van der Waals surface area (Å²) >= 11 is 12.2. The standard InChI is InChI=1S/C28H30Cl2FN3O4S/c1-3-4-16-32-28(36)20(2)33(18-21-10-8-9-13-26(21)31)27(35)19-34(22-14-15-24(29)25(30)17-22)39(37,38)23-11-6-5-7-12-23/h5-15,17,20H,3-4,16,18-19H2,1-2H3,(H,32,36). The van der Waals surface area contributed by atoms with E-state index in [4.69, 9.17) is 23.2 Å². The van der Waals surface area contributed by atoms with Crippen LogP contribution in [0.2, 0.25) is 10.0 Å². The summed E-state index contributed by atoms with van der Waals surface area (Å²) in [5, 5.41) is 3.09. The molecule has 0 aliphatic heterocycles. The van der Waals surface area contributed by atoms with Gasteiger partial charge in [-0.25, -0.2) is 12.8 Å². The molecule has 0 radical (unpaired) electrons. The van der Waals surface area contributed by atoms with Crippen molar-refractivity contribution in [2.75, 3.05) is 17.4 Å². The minimum atomic E-state index is -4.25. The molecule has 11 heteroatoms. The SMILES string of the molecule is CCCCNC(=O)C(C)N(Cc1ccccc1F)C(=O)CN(c1ccc(Cl)c(Cl)c1)S(=O)(=O)c1ccccc1. The van der Waals surface area contributed by atoms with E-state index in [1.54, 1.807) is 24.3 Å². The second-order valence-electron chi connectivity index (χ2n) is 8.86. The van der Waals surface area contributed by atoms with Crippen LogP contribution in [0.25, 0.3) is 0 Å². The number of nitrogens with zero attached hydrogens (tertiary/aromatic N) is 2. The fourth-order valence-corrected chi connectivity index (χ4v) is 5.54. The number of unbranched alkanes of at least 4 members (excludes halogenated alkanes) is 1. The van der Waals surface area contributed by atoms with E-state index >= 15 is 0 Å². The second kappa shape index (κ2) is 13.8. The molecule has 0 spiro atoms. The van der Waals surface area contributed by atoms with E-state index in [-0.39, 0.29) is 32.7 Å². The molecule has 208 valence electrons. The highest BCUT2D eigenvalue weighted by molar-refractivity contribution is 7.92. The summed E-state index contributed by atoms with van der Waals surface area (Å²) in [6.07, 6.45) is 1.61. The zero-order chi connectivity index (χ0) is 28.6.